The van der Waals surface area contributed by atoms with E-state index in [4.69, 9.17) is 0 Å². The lowest BCUT2D eigenvalue weighted by Gasteiger charge is -2.02. The molecular formula is C15H11NO3. The molecule has 0 aromatic heterocycles. The SMILES string of the molecule is O=C1/C(=C/c2ccc(O)cc2O)Nc2ccccc21. The number of phenols is 2. The van der Waals surface area contributed by atoms with Gasteiger partial charge in [0.15, 0.2) is 0 Å². The normalized spacial score (nSPS) is 15.4. The van der Waals surface area contributed by atoms with Gasteiger partial charge in [0.05, 0.1) is 5.70 Å². The van der Waals surface area contributed by atoms with Gasteiger partial charge in [0.25, 0.3) is 0 Å². The average Bonchev–Trinajstić information content (AvgIpc) is 2.70. The maximum absolute atomic E-state index is 12.1. The first-order valence-corrected chi connectivity index (χ1v) is 5.79. The average molecular weight is 253 g/mol. The maximum Gasteiger partial charge on any atom is 0.211 e. The number of hydrogen-bond acceptors (Lipinski definition) is 4. The number of benzene rings is 2. The quantitative estimate of drug-likeness (QED) is 0.683. The highest BCUT2D eigenvalue weighted by molar-refractivity contribution is 6.20. The van der Waals surface area contributed by atoms with Crippen molar-refractivity contribution in [1.29, 1.82) is 0 Å². The van der Waals surface area contributed by atoms with E-state index in [2.05, 4.69) is 5.32 Å². The van der Waals surface area contributed by atoms with Crippen LogP contribution in [0.1, 0.15) is 15.9 Å². The second-order valence-corrected chi connectivity index (χ2v) is 4.30. The molecule has 2 aromatic carbocycles. The summed E-state index contributed by atoms with van der Waals surface area (Å²) in [6, 6.07) is 11.5. The van der Waals surface area contributed by atoms with Crippen LogP contribution in [-0.4, -0.2) is 16.0 Å². The van der Waals surface area contributed by atoms with E-state index >= 15 is 0 Å². The molecule has 1 aliphatic heterocycles. The molecule has 0 radical (unpaired) electrons. The molecule has 1 heterocycles. The minimum Gasteiger partial charge on any atom is -0.508 e. The largest absolute Gasteiger partial charge is 0.508 e. The first kappa shape index (κ1) is 11.3. The fourth-order valence-electron chi connectivity index (χ4n) is 2.05. The first-order valence-electron chi connectivity index (χ1n) is 5.79. The molecule has 0 aliphatic carbocycles. The zero-order valence-corrected chi connectivity index (χ0v) is 9.92. The summed E-state index contributed by atoms with van der Waals surface area (Å²) in [6.45, 7) is 0. The number of phenolic OH excluding ortho intramolecular Hbond substituents is 2. The second kappa shape index (κ2) is 4.17. The van der Waals surface area contributed by atoms with Crippen molar-refractivity contribution in [3.63, 3.8) is 0 Å². The molecule has 4 nitrogen and oxygen atoms in total. The monoisotopic (exact) mass is 253 g/mol. The number of carbonyl (C=O) groups is 1. The van der Waals surface area contributed by atoms with Crippen molar-refractivity contribution in [1.82, 2.24) is 0 Å². The summed E-state index contributed by atoms with van der Waals surface area (Å²) in [5, 5.41) is 22.0. The number of fused-ring (bicyclic) bond motifs is 1. The van der Waals surface area contributed by atoms with Gasteiger partial charge in [-0.25, -0.2) is 0 Å². The highest BCUT2D eigenvalue weighted by Gasteiger charge is 2.23. The first-order chi connectivity index (χ1) is 9.15. The molecule has 0 atom stereocenters. The van der Waals surface area contributed by atoms with Gasteiger partial charge >= 0.3 is 0 Å². The number of rotatable bonds is 1. The second-order valence-electron chi connectivity index (χ2n) is 4.30. The third kappa shape index (κ3) is 1.93. The number of nitrogens with one attached hydrogen (secondary N) is 1. The third-order valence-electron chi connectivity index (χ3n) is 3.00. The Morgan fingerprint density at radius 3 is 2.58 bits per heavy atom. The fourth-order valence-corrected chi connectivity index (χ4v) is 2.05. The highest BCUT2D eigenvalue weighted by Crippen LogP contribution is 2.31. The zero-order valence-electron chi connectivity index (χ0n) is 9.92. The van der Waals surface area contributed by atoms with Crippen molar-refractivity contribution < 1.29 is 15.0 Å². The van der Waals surface area contributed by atoms with Crippen molar-refractivity contribution in [3.8, 4) is 11.5 Å². The van der Waals surface area contributed by atoms with Gasteiger partial charge in [-0.05, 0) is 30.3 Å². The van der Waals surface area contributed by atoms with Crippen molar-refractivity contribution in [2.24, 2.45) is 0 Å². The van der Waals surface area contributed by atoms with Gasteiger partial charge < -0.3 is 15.5 Å². The maximum atomic E-state index is 12.1. The van der Waals surface area contributed by atoms with Gasteiger partial charge in [0.2, 0.25) is 5.78 Å². The molecule has 3 N–H and O–H groups in total. The number of anilines is 1. The Bertz CT molecular complexity index is 704. The number of para-hydroxylation sites is 1. The van der Waals surface area contributed by atoms with E-state index in [1.807, 2.05) is 12.1 Å². The molecule has 1 aliphatic rings. The van der Waals surface area contributed by atoms with E-state index in [0.717, 1.165) is 5.69 Å². The molecule has 3 rings (SSSR count). The van der Waals surface area contributed by atoms with Crippen LogP contribution in [0.25, 0.3) is 6.08 Å². The van der Waals surface area contributed by atoms with Crippen LogP contribution in [0.5, 0.6) is 11.5 Å². The number of Topliss-reactive ketones (excluding diaryl/α,β-unsaturated/α-hetero) is 1. The summed E-state index contributed by atoms with van der Waals surface area (Å²) in [5.74, 6) is -0.199. The van der Waals surface area contributed by atoms with Gasteiger partial charge in [-0.15, -0.1) is 0 Å². The molecule has 19 heavy (non-hydrogen) atoms. The van der Waals surface area contributed by atoms with E-state index in [-0.39, 0.29) is 17.3 Å². The molecule has 0 fully saturated rings. The van der Waals surface area contributed by atoms with Gasteiger partial charge in [0, 0.05) is 22.9 Å². The lowest BCUT2D eigenvalue weighted by Crippen LogP contribution is -1.99. The summed E-state index contributed by atoms with van der Waals surface area (Å²) >= 11 is 0. The lowest BCUT2D eigenvalue weighted by atomic mass is 10.1. The molecule has 0 saturated heterocycles. The number of aromatic hydroxyl groups is 2. The molecular weight excluding hydrogens is 242 g/mol. The van der Waals surface area contributed by atoms with Gasteiger partial charge in [-0.2, -0.15) is 0 Å². The number of hydrogen-bond donors (Lipinski definition) is 3. The Morgan fingerprint density at radius 2 is 1.84 bits per heavy atom. The molecule has 0 unspecified atom stereocenters. The van der Waals surface area contributed by atoms with Gasteiger partial charge in [-0.3, -0.25) is 4.79 Å². The minimum absolute atomic E-state index is 0.0198. The molecule has 0 spiro atoms. The highest BCUT2D eigenvalue weighted by atomic mass is 16.3. The van der Waals surface area contributed by atoms with Gasteiger partial charge in [0.1, 0.15) is 11.5 Å². The third-order valence-corrected chi connectivity index (χ3v) is 3.00. The van der Waals surface area contributed by atoms with Crippen LogP contribution < -0.4 is 5.32 Å². The number of carbonyl (C=O) groups excluding carboxylic acids is 1. The van der Waals surface area contributed by atoms with Crippen LogP contribution in [0, 0.1) is 0 Å². The van der Waals surface area contributed by atoms with E-state index in [1.165, 1.54) is 12.1 Å². The Hall–Kier alpha value is -2.75. The minimum atomic E-state index is -0.108. The summed E-state index contributed by atoms with van der Waals surface area (Å²) < 4.78 is 0. The lowest BCUT2D eigenvalue weighted by molar-refractivity contribution is 0.104. The number of allylic oxidation sites excluding steroid dienone is 1. The molecule has 0 amide bonds. The van der Waals surface area contributed by atoms with E-state index in [0.29, 0.717) is 16.8 Å². The van der Waals surface area contributed by atoms with Crippen molar-refractivity contribution in [2.75, 3.05) is 5.32 Å². The molecule has 0 saturated carbocycles. The Kier molecular flexibility index (Phi) is 2.49. The van der Waals surface area contributed by atoms with E-state index in [9.17, 15) is 15.0 Å². The van der Waals surface area contributed by atoms with Crippen LogP contribution in [0.3, 0.4) is 0 Å². The molecule has 2 aromatic rings. The summed E-state index contributed by atoms with van der Waals surface area (Å²) in [5.41, 5.74) is 2.26. The summed E-state index contributed by atoms with van der Waals surface area (Å²) in [4.78, 5) is 12.1. The fraction of sp³-hybridized carbons (Fsp3) is 0. The van der Waals surface area contributed by atoms with Crippen LogP contribution in [0.15, 0.2) is 48.2 Å². The summed E-state index contributed by atoms with van der Waals surface area (Å²) in [6.07, 6.45) is 1.57. The van der Waals surface area contributed by atoms with Gasteiger partial charge in [-0.1, -0.05) is 12.1 Å². The van der Waals surface area contributed by atoms with Crippen molar-refractivity contribution in [3.05, 3.63) is 59.3 Å². The van der Waals surface area contributed by atoms with Crippen molar-refractivity contribution >= 4 is 17.5 Å². The van der Waals surface area contributed by atoms with E-state index in [1.54, 1.807) is 24.3 Å². The summed E-state index contributed by atoms with van der Waals surface area (Å²) in [7, 11) is 0. The smallest absolute Gasteiger partial charge is 0.211 e. The molecule has 94 valence electrons. The predicted molar refractivity (Wildman–Crippen MR) is 72.1 cm³/mol. The van der Waals surface area contributed by atoms with E-state index < -0.39 is 0 Å². The number of ketones is 1. The Balaban J connectivity index is 2.01. The van der Waals surface area contributed by atoms with Crippen LogP contribution >= 0.6 is 0 Å². The molecule has 0 bridgehead atoms. The van der Waals surface area contributed by atoms with Crippen LogP contribution in [0.4, 0.5) is 5.69 Å². The molecule has 4 heteroatoms. The standard InChI is InChI=1S/C15H11NO3/c17-10-6-5-9(14(18)8-10)7-13-15(19)11-3-1-2-4-12(11)16-13/h1-8,16-18H/b13-7-. The van der Waals surface area contributed by atoms with Crippen molar-refractivity contribution in [2.45, 2.75) is 0 Å². The predicted octanol–water partition coefficient (Wildman–Crippen LogP) is 2.75. The van der Waals surface area contributed by atoms with Crippen LogP contribution in [0.2, 0.25) is 0 Å². The topological polar surface area (TPSA) is 69.6 Å². The zero-order chi connectivity index (χ0) is 13.4. The Morgan fingerprint density at radius 1 is 1.05 bits per heavy atom. The van der Waals surface area contributed by atoms with Crippen LogP contribution in [-0.2, 0) is 0 Å². The Labute approximate surface area is 109 Å².